The molecule has 5 heterocycles. The number of aliphatic hydroxyl groups excluding tert-OH is 5. The molecule has 3 aromatic rings. The number of anilines is 1. The van der Waals surface area contributed by atoms with E-state index in [0.717, 1.165) is 22.3 Å². The van der Waals surface area contributed by atoms with Crippen molar-refractivity contribution < 1.29 is 49.7 Å². The van der Waals surface area contributed by atoms with E-state index in [0.29, 0.717) is 24.2 Å². The lowest BCUT2D eigenvalue weighted by molar-refractivity contribution is -0.376. The third kappa shape index (κ3) is 5.56. The van der Waals surface area contributed by atoms with Gasteiger partial charge in [-0.2, -0.15) is 0 Å². The number of rotatable bonds is 4. The molecule has 1 spiro atoms. The average molecular weight is 785 g/mol. The van der Waals surface area contributed by atoms with E-state index in [2.05, 4.69) is 10.3 Å². The number of hydrogen-bond acceptors (Lipinski definition) is 14. The Balaban J connectivity index is 1.18. The highest BCUT2D eigenvalue weighted by Gasteiger charge is 2.68. The predicted octanol–water partition coefficient (Wildman–Crippen LogP) is 3.91. The molecule has 0 unspecified atom stereocenters. The normalized spacial score (nSPS) is 34.8. The monoisotopic (exact) mass is 784 g/mol. The van der Waals surface area contributed by atoms with Crippen LogP contribution in [0.25, 0.3) is 6.08 Å². The van der Waals surface area contributed by atoms with Crippen molar-refractivity contribution in [1.29, 1.82) is 0 Å². The number of aliphatic hydroxyl groups is 6. The number of ether oxygens (including phenoxy) is 2. The molecule has 4 aliphatic heterocycles. The van der Waals surface area contributed by atoms with Crippen molar-refractivity contribution in [3.05, 3.63) is 118 Å². The van der Waals surface area contributed by atoms with Crippen LogP contribution < -0.4 is 10.1 Å². The van der Waals surface area contributed by atoms with Crippen molar-refractivity contribution >= 4 is 45.0 Å². The SMILES string of the molecule is O=C1c2cccc3c2C(=O)[C@]2(CSS[C@@H]4C=Cc5c(ccnc5N4)C[C@H]4CC[C@]5(CO)O[C@@H](O3)[C@H](O)[C@@]4(O)[C@@H]5O)C(O)=CC(Cc3cccc(CO)c3)=C[C@H]12. The van der Waals surface area contributed by atoms with Gasteiger partial charge in [0.15, 0.2) is 11.6 Å². The number of fused-ring (bicyclic) bond motifs is 3. The number of hydrogen-bond donors (Lipinski definition) is 7. The fraction of sp³-hybridized carbons (Fsp3) is 0.390. The van der Waals surface area contributed by atoms with Gasteiger partial charge in [0.2, 0.25) is 6.29 Å². The molecule has 9 atom stereocenters. The Labute approximate surface area is 324 Å². The molecule has 2 fully saturated rings. The van der Waals surface area contributed by atoms with Gasteiger partial charge in [-0.05, 0) is 72.1 Å². The van der Waals surface area contributed by atoms with Crippen LogP contribution in [0.3, 0.4) is 0 Å². The first-order valence-electron chi connectivity index (χ1n) is 18.3. The van der Waals surface area contributed by atoms with Crippen molar-refractivity contribution in [2.45, 2.75) is 67.4 Å². The Morgan fingerprint density at radius 3 is 2.69 bits per heavy atom. The molecule has 286 valence electrons. The second-order valence-electron chi connectivity index (χ2n) is 15.3. The molecule has 2 aromatic carbocycles. The maximum absolute atomic E-state index is 15.2. The number of carbonyl (C=O) groups excluding carboxylic acids is 2. The molecule has 3 aliphatic carbocycles. The fourth-order valence-corrected chi connectivity index (χ4v) is 12.0. The van der Waals surface area contributed by atoms with Gasteiger partial charge in [-0.1, -0.05) is 76.2 Å². The van der Waals surface area contributed by atoms with Gasteiger partial charge < -0.3 is 45.4 Å². The first-order chi connectivity index (χ1) is 26.5. The van der Waals surface area contributed by atoms with Crippen LogP contribution in [-0.2, 0) is 24.2 Å². The summed E-state index contributed by atoms with van der Waals surface area (Å²) in [5.74, 6) is -2.54. The highest BCUT2D eigenvalue weighted by atomic mass is 33.1. The highest BCUT2D eigenvalue weighted by molar-refractivity contribution is 8.77. The molecular weight excluding hydrogens is 745 g/mol. The zero-order valence-electron chi connectivity index (χ0n) is 29.5. The van der Waals surface area contributed by atoms with E-state index in [9.17, 15) is 35.4 Å². The summed E-state index contributed by atoms with van der Waals surface area (Å²) >= 11 is 0. The van der Waals surface area contributed by atoms with E-state index in [4.69, 9.17) is 9.47 Å². The molecule has 55 heavy (non-hydrogen) atoms. The standard InChI is InChI=1S/C41H40N2O10S2/c44-18-22-4-1-3-21(13-22)14-23-15-28-33(47)27-5-2-6-29-32(27)34(48)40(28,30(46)16-23)20-54-55-31-8-7-26-24(10-12-42-36(26)43-31)17-25-9-11-39(19-45)38(50)41(25,51)35(49)37(52-29)53-39/h1-8,10,12-13,15-16,25,28,31,35,37-38,44-46,49-51H,9,11,14,17-20H2,(H,42,43)/t25-,28-,31-,35+,37-,38-,39-,40+,41-/m1/s1. The molecule has 9 bridgehead atoms. The number of ketones is 2. The molecule has 14 heteroatoms. The summed E-state index contributed by atoms with van der Waals surface area (Å²) in [5.41, 5.74) is -1.84. The zero-order valence-corrected chi connectivity index (χ0v) is 31.1. The molecular formula is C41H40N2O10S2. The summed E-state index contributed by atoms with van der Waals surface area (Å²) in [6.45, 7) is -0.822. The first-order valence-corrected chi connectivity index (χ1v) is 20.7. The van der Waals surface area contributed by atoms with Gasteiger partial charge >= 0.3 is 0 Å². The molecule has 10 rings (SSSR count). The second-order valence-corrected chi connectivity index (χ2v) is 17.8. The van der Waals surface area contributed by atoms with Crippen molar-refractivity contribution in [3.63, 3.8) is 0 Å². The lowest BCUT2D eigenvalue weighted by Gasteiger charge is -2.59. The van der Waals surface area contributed by atoms with Crippen molar-refractivity contribution in [2.24, 2.45) is 17.3 Å². The lowest BCUT2D eigenvalue weighted by atomic mass is 9.60. The largest absolute Gasteiger partial charge is 0.511 e. The van der Waals surface area contributed by atoms with E-state index in [1.54, 1.807) is 24.4 Å². The molecule has 12 nitrogen and oxygen atoms in total. The van der Waals surface area contributed by atoms with Gasteiger partial charge in [-0.15, -0.1) is 0 Å². The quantitative estimate of drug-likeness (QED) is 0.188. The van der Waals surface area contributed by atoms with Gasteiger partial charge in [0.1, 0.15) is 51.5 Å². The average Bonchev–Trinajstić information content (AvgIpc) is 3.19. The number of carbonyl (C=O) groups is 2. The maximum Gasteiger partial charge on any atom is 0.229 e. The fourth-order valence-electron chi connectivity index (χ4n) is 9.33. The third-order valence-corrected chi connectivity index (χ3v) is 14.9. The van der Waals surface area contributed by atoms with Crippen LogP contribution in [0.4, 0.5) is 5.82 Å². The van der Waals surface area contributed by atoms with Crippen molar-refractivity contribution in [1.82, 2.24) is 4.98 Å². The molecule has 1 aromatic heterocycles. The van der Waals surface area contributed by atoms with E-state index in [1.165, 1.54) is 39.8 Å². The number of pyridine rings is 1. The minimum Gasteiger partial charge on any atom is -0.511 e. The number of Topliss-reactive ketones (excluding diaryl/α,β-unsaturated/α-hetero) is 2. The highest BCUT2D eigenvalue weighted by Crippen LogP contribution is 2.55. The topological polar surface area (TPSA) is 199 Å². The number of nitrogens with one attached hydrogen (secondary N) is 1. The van der Waals surface area contributed by atoms with Crippen LogP contribution in [0.1, 0.15) is 55.8 Å². The predicted molar refractivity (Wildman–Crippen MR) is 205 cm³/mol. The van der Waals surface area contributed by atoms with Gasteiger partial charge in [-0.25, -0.2) is 4.98 Å². The summed E-state index contributed by atoms with van der Waals surface area (Å²) in [5, 5.41) is 71.5. The van der Waals surface area contributed by atoms with E-state index in [1.807, 2.05) is 36.4 Å². The summed E-state index contributed by atoms with van der Waals surface area (Å²) < 4.78 is 12.5. The van der Waals surface area contributed by atoms with Crippen LogP contribution >= 0.6 is 21.6 Å². The third-order valence-electron chi connectivity index (χ3n) is 12.3. The van der Waals surface area contributed by atoms with Crippen LogP contribution in [0, 0.1) is 17.3 Å². The van der Waals surface area contributed by atoms with Crippen LogP contribution in [0.2, 0.25) is 0 Å². The van der Waals surface area contributed by atoms with Crippen molar-refractivity contribution in [2.75, 3.05) is 17.7 Å². The van der Waals surface area contributed by atoms with Crippen molar-refractivity contribution in [3.8, 4) is 5.75 Å². The van der Waals surface area contributed by atoms with Crippen LogP contribution in [0.15, 0.2) is 84.3 Å². The first kappa shape index (κ1) is 36.6. The maximum atomic E-state index is 15.2. The molecule has 1 saturated heterocycles. The molecule has 0 radical (unpaired) electrons. The second kappa shape index (κ2) is 13.6. The molecule has 1 saturated carbocycles. The Morgan fingerprint density at radius 2 is 1.87 bits per heavy atom. The van der Waals surface area contributed by atoms with Gasteiger partial charge in [0, 0.05) is 23.1 Å². The minimum atomic E-state index is -2.21. The summed E-state index contributed by atoms with van der Waals surface area (Å²) in [6.07, 6.45) is 4.65. The summed E-state index contributed by atoms with van der Waals surface area (Å²) in [6, 6.07) is 13.7. The number of nitrogens with zero attached hydrogens (tertiary/aromatic N) is 1. The molecule has 0 amide bonds. The van der Waals surface area contributed by atoms with Gasteiger partial charge in [0.25, 0.3) is 0 Å². The van der Waals surface area contributed by atoms with E-state index in [-0.39, 0.29) is 53.2 Å². The molecule has 7 N–H and O–H groups in total. The smallest absolute Gasteiger partial charge is 0.229 e. The molecule has 7 aliphatic rings. The van der Waals surface area contributed by atoms with Gasteiger partial charge in [0.05, 0.1) is 24.7 Å². The van der Waals surface area contributed by atoms with E-state index >= 15 is 4.79 Å². The summed E-state index contributed by atoms with van der Waals surface area (Å²) in [7, 11) is 2.76. The minimum absolute atomic E-state index is 0.00291. The lowest BCUT2D eigenvalue weighted by Crippen LogP contribution is -2.78. The van der Waals surface area contributed by atoms with E-state index < -0.39 is 65.1 Å². The number of aromatic nitrogens is 1. The summed E-state index contributed by atoms with van der Waals surface area (Å²) in [4.78, 5) is 34.4. The van der Waals surface area contributed by atoms with Crippen LogP contribution in [0.5, 0.6) is 5.75 Å². The van der Waals surface area contributed by atoms with Crippen LogP contribution in [-0.4, -0.2) is 94.6 Å². The zero-order chi connectivity index (χ0) is 38.3. The number of allylic oxidation sites excluding steroid dienone is 4. The van der Waals surface area contributed by atoms with Gasteiger partial charge in [-0.3, -0.25) is 9.59 Å². The Hall–Kier alpha value is -3.99. The Morgan fingerprint density at radius 1 is 1.05 bits per heavy atom. The Bertz CT molecular complexity index is 2190. The number of benzene rings is 2. The Kier molecular flexibility index (Phi) is 9.05.